The maximum atomic E-state index is 4.81. The van der Waals surface area contributed by atoms with Crippen molar-refractivity contribution in [1.29, 1.82) is 0 Å². The van der Waals surface area contributed by atoms with E-state index < -0.39 is 0 Å². The predicted octanol–water partition coefficient (Wildman–Crippen LogP) is 2.97. The normalized spacial score (nSPS) is 34.2. The molecule has 3 nitrogen and oxygen atoms in total. The van der Waals surface area contributed by atoms with Crippen molar-refractivity contribution in [2.75, 3.05) is 26.4 Å². The molecule has 1 aliphatic heterocycles. The molecule has 0 radical (unpaired) electrons. The number of amidine groups is 1. The summed E-state index contributed by atoms with van der Waals surface area (Å²) in [6.45, 7) is 7.73. The van der Waals surface area contributed by atoms with E-state index in [9.17, 15) is 0 Å². The Bertz CT molecular complexity index is 341. The fourth-order valence-corrected chi connectivity index (χ4v) is 3.80. The van der Waals surface area contributed by atoms with Crippen molar-refractivity contribution in [1.82, 2.24) is 10.2 Å². The lowest BCUT2D eigenvalue weighted by atomic mass is 9.78. The first-order valence-corrected chi connectivity index (χ1v) is 8.44. The van der Waals surface area contributed by atoms with E-state index in [1.165, 1.54) is 36.6 Å². The molecule has 0 aromatic heterocycles. The third-order valence-corrected chi connectivity index (χ3v) is 6.11. The van der Waals surface area contributed by atoms with Crippen LogP contribution in [0.2, 0.25) is 0 Å². The molecular weight excluding hydrogens is 254 g/mol. The van der Waals surface area contributed by atoms with Gasteiger partial charge in [-0.25, -0.2) is 0 Å². The molecule has 110 valence electrons. The standard InChI is InChI=1S/C15H29N3S/c1-12-6-8-15(9-7-12)11-19-13(17-15)16-10-14(2,3)18(4)5/h12H,6-11H2,1-5H3,(H,16,17). The SMILES string of the molecule is CC1CCC2(CC1)CSC(=NCC(C)(C)N(C)C)N2. The van der Waals surface area contributed by atoms with E-state index >= 15 is 0 Å². The topological polar surface area (TPSA) is 27.6 Å². The molecular formula is C15H29N3S. The van der Waals surface area contributed by atoms with E-state index in [0.29, 0.717) is 5.54 Å². The Morgan fingerprint density at radius 2 is 2.00 bits per heavy atom. The third-order valence-electron chi connectivity index (χ3n) is 4.91. The zero-order valence-corrected chi connectivity index (χ0v) is 13.9. The summed E-state index contributed by atoms with van der Waals surface area (Å²) in [4.78, 5) is 7.06. The van der Waals surface area contributed by atoms with Crippen LogP contribution in [0.1, 0.15) is 46.5 Å². The quantitative estimate of drug-likeness (QED) is 0.863. The molecule has 0 aromatic carbocycles. The third kappa shape index (κ3) is 3.66. The van der Waals surface area contributed by atoms with Crippen LogP contribution in [0.5, 0.6) is 0 Å². The summed E-state index contributed by atoms with van der Waals surface area (Å²) in [6, 6.07) is 0. The highest BCUT2D eigenvalue weighted by Gasteiger charge is 2.39. The lowest BCUT2D eigenvalue weighted by molar-refractivity contribution is 0.204. The molecule has 1 saturated carbocycles. The highest BCUT2D eigenvalue weighted by molar-refractivity contribution is 8.14. The van der Waals surface area contributed by atoms with Crippen LogP contribution in [0.25, 0.3) is 0 Å². The minimum atomic E-state index is 0.131. The van der Waals surface area contributed by atoms with Gasteiger partial charge in [-0.1, -0.05) is 18.7 Å². The van der Waals surface area contributed by atoms with Crippen molar-refractivity contribution >= 4 is 16.9 Å². The highest BCUT2D eigenvalue weighted by atomic mass is 32.2. The van der Waals surface area contributed by atoms with Crippen LogP contribution in [-0.2, 0) is 0 Å². The highest BCUT2D eigenvalue weighted by Crippen LogP contribution is 2.38. The van der Waals surface area contributed by atoms with Crippen LogP contribution in [0.4, 0.5) is 0 Å². The minimum absolute atomic E-state index is 0.131. The Balaban J connectivity index is 1.91. The van der Waals surface area contributed by atoms with E-state index in [2.05, 4.69) is 45.1 Å². The van der Waals surface area contributed by atoms with Crippen molar-refractivity contribution in [2.45, 2.75) is 57.5 Å². The number of thioether (sulfide) groups is 1. The van der Waals surface area contributed by atoms with Crippen LogP contribution in [0.3, 0.4) is 0 Å². The second kappa shape index (κ2) is 5.65. The number of rotatable bonds is 3. The van der Waals surface area contributed by atoms with Crippen molar-refractivity contribution < 1.29 is 0 Å². The van der Waals surface area contributed by atoms with E-state index in [1.807, 2.05) is 11.8 Å². The molecule has 1 aliphatic carbocycles. The van der Waals surface area contributed by atoms with Crippen LogP contribution in [0, 0.1) is 5.92 Å². The fourth-order valence-electron chi connectivity index (χ4n) is 2.58. The molecule has 0 atom stereocenters. The number of nitrogens with one attached hydrogen (secondary N) is 1. The van der Waals surface area contributed by atoms with Gasteiger partial charge in [-0.05, 0) is 59.5 Å². The second-order valence-corrected chi connectivity index (χ2v) is 8.17. The van der Waals surface area contributed by atoms with Crippen molar-refractivity contribution in [3.8, 4) is 0 Å². The van der Waals surface area contributed by atoms with Crippen LogP contribution in [0.15, 0.2) is 4.99 Å². The second-order valence-electron chi connectivity index (χ2n) is 7.20. The number of hydrogen-bond donors (Lipinski definition) is 1. The Morgan fingerprint density at radius 1 is 1.37 bits per heavy atom. The average molecular weight is 283 g/mol. The zero-order valence-electron chi connectivity index (χ0n) is 13.1. The summed E-state index contributed by atoms with van der Waals surface area (Å²) in [5.41, 5.74) is 0.490. The molecule has 4 heteroatoms. The summed E-state index contributed by atoms with van der Waals surface area (Å²) >= 11 is 1.92. The van der Waals surface area contributed by atoms with Gasteiger partial charge in [0.25, 0.3) is 0 Å². The van der Waals surface area contributed by atoms with E-state index in [1.54, 1.807) is 0 Å². The smallest absolute Gasteiger partial charge is 0.157 e. The summed E-state index contributed by atoms with van der Waals surface area (Å²) in [5, 5.41) is 4.90. The lowest BCUT2D eigenvalue weighted by Crippen LogP contribution is -2.47. The van der Waals surface area contributed by atoms with Crippen LogP contribution in [-0.4, -0.2) is 47.5 Å². The fraction of sp³-hybridized carbons (Fsp3) is 0.933. The molecule has 19 heavy (non-hydrogen) atoms. The maximum absolute atomic E-state index is 4.81. The molecule has 2 rings (SSSR count). The molecule has 2 fully saturated rings. The van der Waals surface area contributed by atoms with E-state index in [-0.39, 0.29) is 5.54 Å². The first kappa shape index (κ1) is 15.2. The van der Waals surface area contributed by atoms with Gasteiger partial charge >= 0.3 is 0 Å². The Kier molecular flexibility index (Phi) is 4.51. The molecule has 1 spiro atoms. The molecule has 0 aromatic rings. The molecule has 0 unspecified atom stereocenters. The van der Waals surface area contributed by atoms with E-state index in [0.717, 1.165) is 12.5 Å². The van der Waals surface area contributed by atoms with Crippen molar-refractivity contribution in [3.63, 3.8) is 0 Å². The van der Waals surface area contributed by atoms with E-state index in [4.69, 9.17) is 4.99 Å². The Labute approximate surface area is 122 Å². The summed E-state index contributed by atoms with van der Waals surface area (Å²) in [7, 11) is 4.25. The van der Waals surface area contributed by atoms with Gasteiger partial charge in [-0.15, -0.1) is 0 Å². The van der Waals surface area contributed by atoms with Gasteiger partial charge in [0.2, 0.25) is 0 Å². The number of hydrogen-bond acceptors (Lipinski definition) is 3. The first-order valence-electron chi connectivity index (χ1n) is 7.46. The molecule has 1 heterocycles. The minimum Gasteiger partial charge on any atom is -0.359 e. The average Bonchev–Trinajstić information content (AvgIpc) is 2.75. The van der Waals surface area contributed by atoms with Gasteiger partial charge in [0, 0.05) is 16.8 Å². The Hall–Kier alpha value is -0.220. The molecule has 0 amide bonds. The first-order chi connectivity index (χ1) is 8.83. The van der Waals surface area contributed by atoms with Gasteiger partial charge in [0.05, 0.1) is 6.54 Å². The largest absolute Gasteiger partial charge is 0.359 e. The molecule has 0 bridgehead atoms. The van der Waals surface area contributed by atoms with Gasteiger partial charge in [0.15, 0.2) is 5.17 Å². The number of aliphatic imine (C=N–C) groups is 1. The van der Waals surface area contributed by atoms with Gasteiger partial charge in [0.1, 0.15) is 0 Å². The van der Waals surface area contributed by atoms with Gasteiger partial charge in [-0.2, -0.15) is 0 Å². The molecule has 2 aliphatic rings. The summed E-state index contributed by atoms with van der Waals surface area (Å²) in [5.74, 6) is 2.12. The predicted molar refractivity (Wildman–Crippen MR) is 86.0 cm³/mol. The van der Waals surface area contributed by atoms with Crippen LogP contribution < -0.4 is 5.32 Å². The molecule has 1 saturated heterocycles. The van der Waals surface area contributed by atoms with Gasteiger partial charge < -0.3 is 10.2 Å². The van der Waals surface area contributed by atoms with Crippen LogP contribution >= 0.6 is 11.8 Å². The van der Waals surface area contributed by atoms with Crippen molar-refractivity contribution in [3.05, 3.63) is 0 Å². The molecule has 1 N–H and O–H groups in total. The maximum Gasteiger partial charge on any atom is 0.157 e. The number of nitrogens with zero attached hydrogens (tertiary/aromatic N) is 2. The Morgan fingerprint density at radius 3 is 2.58 bits per heavy atom. The summed E-state index contributed by atoms with van der Waals surface area (Å²) in [6.07, 6.45) is 5.36. The number of likely N-dealkylation sites (N-methyl/N-ethyl adjacent to an activating group) is 1. The van der Waals surface area contributed by atoms with Crippen molar-refractivity contribution in [2.24, 2.45) is 10.9 Å². The van der Waals surface area contributed by atoms with Gasteiger partial charge in [-0.3, -0.25) is 4.99 Å². The monoisotopic (exact) mass is 283 g/mol. The lowest BCUT2D eigenvalue weighted by Gasteiger charge is -2.35. The zero-order chi connectivity index (χ0) is 14.1. The summed E-state index contributed by atoms with van der Waals surface area (Å²) < 4.78 is 0.